The first kappa shape index (κ1) is 21.7. The van der Waals surface area contributed by atoms with Crippen LogP contribution in [0, 0.1) is 23.0 Å². The Bertz CT molecular complexity index is 989. The number of rotatable bonds is 5. The molecule has 0 aromatic heterocycles. The van der Waals surface area contributed by atoms with Crippen molar-refractivity contribution in [3.8, 4) is 6.07 Å². The zero-order chi connectivity index (χ0) is 21.4. The quantitative estimate of drug-likeness (QED) is 0.349. The molecule has 0 atom stereocenters. The first-order chi connectivity index (χ1) is 13.8. The normalized spacial score (nSPS) is 12.8. The van der Waals surface area contributed by atoms with Crippen molar-refractivity contribution in [1.29, 1.82) is 5.26 Å². The van der Waals surface area contributed by atoms with Gasteiger partial charge < -0.3 is 10.5 Å². The Labute approximate surface area is 167 Å². The average Bonchev–Trinajstić information content (AvgIpc) is 2.71. The van der Waals surface area contributed by atoms with Crippen LogP contribution in [0.5, 0.6) is 0 Å². The molecule has 2 N–H and O–H groups in total. The van der Waals surface area contributed by atoms with Crippen molar-refractivity contribution in [1.82, 2.24) is 5.32 Å². The summed E-state index contributed by atoms with van der Waals surface area (Å²) in [6.45, 7) is 4.27. The van der Waals surface area contributed by atoms with Gasteiger partial charge in [0.25, 0.3) is 5.96 Å². The van der Waals surface area contributed by atoms with Crippen LogP contribution in [0.3, 0.4) is 0 Å². The van der Waals surface area contributed by atoms with Crippen LogP contribution in [0.25, 0.3) is 0 Å². The summed E-state index contributed by atoms with van der Waals surface area (Å²) in [6, 6.07) is 12.0. The molecule has 150 valence electrons. The molecule has 0 saturated carbocycles. The number of guanidine groups is 1. The smallest absolute Gasteiger partial charge is 0.259 e. The van der Waals surface area contributed by atoms with E-state index in [2.05, 4.69) is 20.5 Å². The van der Waals surface area contributed by atoms with Crippen molar-refractivity contribution in [2.24, 2.45) is 15.1 Å². The monoisotopic (exact) mass is 397 g/mol. The molecule has 0 heterocycles. The Kier molecular flexibility index (Phi) is 7.15. The van der Waals surface area contributed by atoms with Gasteiger partial charge in [-0.1, -0.05) is 26.0 Å². The average molecular weight is 397 g/mol. The van der Waals surface area contributed by atoms with Crippen molar-refractivity contribution in [2.75, 3.05) is 13.6 Å². The fourth-order valence-electron chi connectivity index (χ4n) is 2.56. The van der Waals surface area contributed by atoms with Gasteiger partial charge in [0.05, 0.1) is 17.5 Å². The molecule has 29 heavy (non-hydrogen) atoms. The molecule has 0 aliphatic rings. The lowest BCUT2D eigenvalue weighted by Crippen LogP contribution is -2.36. The van der Waals surface area contributed by atoms with Crippen molar-refractivity contribution >= 4 is 17.9 Å². The molecule has 0 spiro atoms. The van der Waals surface area contributed by atoms with Crippen LogP contribution in [0.2, 0.25) is 0 Å². The van der Waals surface area contributed by atoms with Crippen LogP contribution < -0.4 is 5.32 Å². The van der Waals surface area contributed by atoms with Crippen molar-refractivity contribution in [3.05, 3.63) is 70.8 Å². The van der Waals surface area contributed by atoms with E-state index in [1.54, 1.807) is 18.2 Å². The topological polar surface area (TPSA) is 93.1 Å². The summed E-state index contributed by atoms with van der Waals surface area (Å²) in [5.41, 5.74) is 1.28. The first-order valence-electron chi connectivity index (χ1n) is 8.73. The molecule has 2 aromatic carbocycles. The second-order valence-corrected chi connectivity index (χ2v) is 6.84. The standard InChI is InChI=1S/C21H21F2N5O/c1-21(2,16-5-7-17(22)8-6-16)13-27-20(28-29)26-12-19(25-3)14-4-9-18(23)15(10-14)11-24/h4-10,12,29H,13H2,1-3H3,(H,27,28)/b25-19+,26-12-. The number of hydrogen-bond donors (Lipinski definition) is 2. The zero-order valence-electron chi connectivity index (χ0n) is 16.3. The van der Waals surface area contributed by atoms with E-state index in [0.29, 0.717) is 17.8 Å². The molecule has 0 saturated heterocycles. The van der Waals surface area contributed by atoms with E-state index in [0.717, 1.165) is 5.56 Å². The molecule has 0 fully saturated rings. The van der Waals surface area contributed by atoms with E-state index in [4.69, 9.17) is 5.26 Å². The van der Waals surface area contributed by atoms with Crippen molar-refractivity contribution < 1.29 is 14.0 Å². The maximum Gasteiger partial charge on any atom is 0.259 e. The number of halogens is 2. The van der Waals surface area contributed by atoms with Crippen LogP contribution in [0.4, 0.5) is 8.78 Å². The van der Waals surface area contributed by atoms with Gasteiger partial charge in [0.1, 0.15) is 17.7 Å². The van der Waals surface area contributed by atoms with Crippen LogP contribution >= 0.6 is 0 Å². The van der Waals surface area contributed by atoms with Crippen LogP contribution in [0.1, 0.15) is 30.5 Å². The van der Waals surface area contributed by atoms with Gasteiger partial charge in [-0.3, -0.25) is 4.99 Å². The zero-order valence-corrected chi connectivity index (χ0v) is 16.3. The molecular formula is C21H21F2N5O. The number of hydrogen-bond acceptors (Lipinski definition) is 4. The fraction of sp³-hybridized carbons (Fsp3) is 0.238. The molecule has 0 amide bonds. The van der Waals surface area contributed by atoms with Gasteiger partial charge in [-0.15, -0.1) is 0 Å². The van der Waals surface area contributed by atoms with E-state index in [9.17, 15) is 14.0 Å². The molecule has 2 rings (SSSR count). The molecule has 0 aliphatic carbocycles. The van der Waals surface area contributed by atoms with E-state index >= 15 is 0 Å². The highest BCUT2D eigenvalue weighted by atomic mass is 19.1. The van der Waals surface area contributed by atoms with E-state index < -0.39 is 5.82 Å². The SMILES string of the molecule is C\N=C(/C=N\C(=N\O)NCC(C)(C)c1ccc(F)cc1)c1ccc(F)c(C#N)c1. The highest BCUT2D eigenvalue weighted by Gasteiger charge is 2.21. The molecule has 0 radical (unpaired) electrons. The van der Waals surface area contributed by atoms with E-state index in [1.807, 2.05) is 13.8 Å². The number of benzene rings is 2. The van der Waals surface area contributed by atoms with Gasteiger partial charge in [-0.25, -0.2) is 13.8 Å². The summed E-state index contributed by atoms with van der Waals surface area (Å²) in [4.78, 5) is 8.14. The minimum Gasteiger partial charge on any atom is -0.408 e. The first-order valence-corrected chi connectivity index (χ1v) is 8.73. The number of nitriles is 1. The second kappa shape index (κ2) is 9.55. The summed E-state index contributed by atoms with van der Waals surface area (Å²) in [7, 11) is 1.53. The predicted octanol–water partition coefficient (Wildman–Crippen LogP) is 3.64. The lowest BCUT2D eigenvalue weighted by molar-refractivity contribution is 0.315. The number of aliphatic imine (C=N–C) groups is 2. The Balaban J connectivity index is 2.11. The van der Waals surface area contributed by atoms with Crippen LogP contribution in [-0.2, 0) is 5.41 Å². The molecular weight excluding hydrogens is 376 g/mol. The van der Waals surface area contributed by atoms with Gasteiger partial charge in [0, 0.05) is 24.6 Å². The Hall–Kier alpha value is -3.60. The summed E-state index contributed by atoms with van der Waals surface area (Å²) in [6.07, 6.45) is 1.35. The van der Waals surface area contributed by atoms with Gasteiger partial charge >= 0.3 is 0 Å². The Morgan fingerprint density at radius 2 is 1.90 bits per heavy atom. The number of oxime groups is 1. The third-order valence-electron chi connectivity index (χ3n) is 4.34. The minimum atomic E-state index is -0.619. The highest BCUT2D eigenvalue weighted by Crippen LogP contribution is 2.22. The largest absolute Gasteiger partial charge is 0.408 e. The minimum absolute atomic E-state index is 0.0519. The van der Waals surface area contributed by atoms with Gasteiger partial charge in [-0.05, 0) is 41.1 Å². The van der Waals surface area contributed by atoms with E-state index in [1.165, 1.54) is 43.6 Å². The Morgan fingerprint density at radius 3 is 2.48 bits per heavy atom. The lowest BCUT2D eigenvalue weighted by atomic mass is 9.84. The molecule has 0 aliphatic heterocycles. The maximum atomic E-state index is 13.5. The lowest BCUT2D eigenvalue weighted by Gasteiger charge is -2.25. The summed E-state index contributed by atoms with van der Waals surface area (Å²) >= 11 is 0. The summed E-state index contributed by atoms with van der Waals surface area (Å²) in [5.74, 6) is -0.985. The van der Waals surface area contributed by atoms with Gasteiger partial charge in [0.15, 0.2) is 0 Å². The number of nitrogens with zero attached hydrogens (tertiary/aromatic N) is 4. The molecule has 6 nitrogen and oxygen atoms in total. The van der Waals surface area contributed by atoms with Gasteiger partial charge in [0.2, 0.25) is 0 Å². The van der Waals surface area contributed by atoms with Crippen LogP contribution in [-0.4, -0.2) is 36.7 Å². The van der Waals surface area contributed by atoms with Gasteiger partial charge in [-0.2, -0.15) is 5.26 Å². The Morgan fingerprint density at radius 1 is 1.21 bits per heavy atom. The molecule has 8 heteroatoms. The highest BCUT2D eigenvalue weighted by molar-refractivity contribution is 6.39. The summed E-state index contributed by atoms with van der Waals surface area (Å²) in [5, 5.41) is 24.2. The third-order valence-corrected chi connectivity index (χ3v) is 4.34. The maximum absolute atomic E-state index is 13.5. The van der Waals surface area contributed by atoms with Crippen LogP contribution in [0.15, 0.2) is 57.6 Å². The molecule has 2 aromatic rings. The third kappa shape index (κ3) is 5.69. The predicted molar refractivity (Wildman–Crippen MR) is 109 cm³/mol. The second-order valence-electron chi connectivity index (χ2n) is 6.84. The van der Waals surface area contributed by atoms with E-state index in [-0.39, 0.29) is 22.8 Å². The van der Waals surface area contributed by atoms with Crippen molar-refractivity contribution in [2.45, 2.75) is 19.3 Å². The number of nitrogens with one attached hydrogen (secondary N) is 1. The molecule has 0 unspecified atom stereocenters. The van der Waals surface area contributed by atoms with Crippen molar-refractivity contribution in [3.63, 3.8) is 0 Å². The summed E-state index contributed by atoms with van der Waals surface area (Å²) < 4.78 is 26.6. The molecule has 0 bridgehead atoms. The fourth-order valence-corrected chi connectivity index (χ4v) is 2.56.